The number of anilines is 6. The standard InChI is InChI=1S/C98H81N3O2S2/c1-95(2,3)64-46-37-59(38-47-64)61-41-50-66(51-42-61)99(77-33-21-29-71-69-27-19-31-75(97(7,8)9)89(69)102-91(71)77)79-56-81-88(94-85(79)73-25-15-17-35-83(73)105-94)87-80(101(81)68-54-45-58-23-13-14-24-63(58)55-68)57-82(93-86(87)74-26-16-18-36-84(74)104-93)100(67-52-43-62(44-53-67)60-39-48-65(49-40-60)96(4,5)6)78-34-22-30-72-70-28-20-32-76(98(10,11)12)90(70)103-92(72)78/h13-57H,1-12H3. The van der Waals surface area contributed by atoms with Gasteiger partial charge < -0.3 is 23.2 Å². The van der Waals surface area contributed by atoms with E-state index in [1.165, 1.54) is 89.9 Å². The molecule has 0 bridgehead atoms. The van der Waals surface area contributed by atoms with Gasteiger partial charge in [0.05, 0.1) is 38.5 Å². The smallest absolute Gasteiger partial charge is 0.159 e. The zero-order chi connectivity index (χ0) is 71.7. The summed E-state index contributed by atoms with van der Waals surface area (Å²) < 4.78 is 22.4. The minimum atomic E-state index is -0.172. The van der Waals surface area contributed by atoms with E-state index in [0.29, 0.717) is 0 Å². The summed E-state index contributed by atoms with van der Waals surface area (Å²) in [5, 5.41) is 14.0. The van der Waals surface area contributed by atoms with Crippen LogP contribution in [0.3, 0.4) is 0 Å². The highest BCUT2D eigenvalue weighted by Gasteiger charge is 2.33. The summed E-state index contributed by atoms with van der Waals surface area (Å²) in [6.45, 7) is 27.4. The minimum Gasteiger partial charge on any atom is -0.454 e. The van der Waals surface area contributed by atoms with E-state index in [0.717, 1.165) is 111 Å². The van der Waals surface area contributed by atoms with E-state index in [4.69, 9.17) is 8.83 Å². The van der Waals surface area contributed by atoms with Crippen LogP contribution in [0.2, 0.25) is 0 Å². The highest BCUT2D eigenvalue weighted by molar-refractivity contribution is 7.27. The first kappa shape index (κ1) is 64.6. The third-order valence-corrected chi connectivity index (χ3v) is 24.3. The van der Waals surface area contributed by atoms with E-state index in [2.05, 4.69) is 370 Å². The van der Waals surface area contributed by atoms with Gasteiger partial charge in [0.25, 0.3) is 0 Å². The quantitative estimate of drug-likeness (QED) is 0.144. The van der Waals surface area contributed by atoms with E-state index < -0.39 is 0 Å². The summed E-state index contributed by atoms with van der Waals surface area (Å²) in [4.78, 5) is 5.03. The van der Waals surface area contributed by atoms with Gasteiger partial charge in [-0.25, -0.2) is 0 Å². The van der Waals surface area contributed by atoms with E-state index in [-0.39, 0.29) is 21.7 Å². The second kappa shape index (κ2) is 23.7. The lowest BCUT2D eigenvalue weighted by atomic mass is 9.86. The summed E-state index contributed by atoms with van der Waals surface area (Å²) in [5.74, 6) is 0. The number of rotatable bonds is 9. The number of fused-ring (bicyclic) bond motifs is 18. The molecule has 19 rings (SSSR count). The first-order valence-electron chi connectivity index (χ1n) is 36.8. The molecule has 0 saturated heterocycles. The maximum Gasteiger partial charge on any atom is 0.159 e. The van der Waals surface area contributed by atoms with Crippen molar-refractivity contribution in [3.63, 3.8) is 0 Å². The molecule has 0 spiro atoms. The van der Waals surface area contributed by atoms with Crippen molar-refractivity contribution < 1.29 is 8.83 Å². The van der Waals surface area contributed by atoms with E-state index in [1.807, 2.05) is 22.7 Å². The van der Waals surface area contributed by atoms with Crippen LogP contribution in [-0.4, -0.2) is 4.57 Å². The van der Waals surface area contributed by atoms with Crippen molar-refractivity contribution in [1.29, 1.82) is 0 Å². The Morgan fingerprint density at radius 1 is 0.286 bits per heavy atom. The van der Waals surface area contributed by atoms with E-state index in [9.17, 15) is 0 Å². The lowest BCUT2D eigenvalue weighted by Gasteiger charge is -2.27. The van der Waals surface area contributed by atoms with Crippen LogP contribution in [0.15, 0.2) is 282 Å². The van der Waals surface area contributed by atoms with Crippen molar-refractivity contribution in [3.05, 3.63) is 295 Å². The Morgan fingerprint density at radius 2 is 0.686 bits per heavy atom. The summed E-state index contributed by atoms with van der Waals surface area (Å²) in [7, 11) is 0. The number of hydrogen-bond acceptors (Lipinski definition) is 6. The number of furan rings is 2. The van der Waals surface area contributed by atoms with Gasteiger partial charge in [0, 0.05) is 96.2 Å². The minimum absolute atomic E-state index is 0.0362. The van der Waals surface area contributed by atoms with Gasteiger partial charge in [0.2, 0.25) is 0 Å². The van der Waals surface area contributed by atoms with Crippen molar-refractivity contribution in [3.8, 4) is 27.9 Å². The van der Waals surface area contributed by atoms with Crippen molar-refractivity contribution in [2.24, 2.45) is 0 Å². The first-order valence-corrected chi connectivity index (χ1v) is 38.4. The molecule has 5 heterocycles. The summed E-state index contributed by atoms with van der Waals surface area (Å²) in [5.41, 5.74) is 22.2. The lowest BCUT2D eigenvalue weighted by molar-refractivity contribution is 0.572. The fourth-order valence-electron chi connectivity index (χ4n) is 16.5. The van der Waals surface area contributed by atoms with Crippen LogP contribution in [0.25, 0.3) is 145 Å². The van der Waals surface area contributed by atoms with Gasteiger partial charge in [0.15, 0.2) is 11.2 Å². The van der Waals surface area contributed by atoms with Crippen molar-refractivity contribution in [2.45, 2.75) is 105 Å². The first-order chi connectivity index (χ1) is 50.6. The third kappa shape index (κ3) is 10.4. The van der Waals surface area contributed by atoms with Crippen LogP contribution in [0.4, 0.5) is 34.1 Å². The molecule has 0 amide bonds. The van der Waals surface area contributed by atoms with Gasteiger partial charge in [-0.3, -0.25) is 0 Å². The zero-order valence-corrected chi connectivity index (χ0v) is 63.1. The molecule has 14 aromatic carbocycles. The zero-order valence-electron chi connectivity index (χ0n) is 61.5. The van der Waals surface area contributed by atoms with E-state index in [1.54, 1.807) is 0 Å². The highest BCUT2D eigenvalue weighted by atomic mass is 32.1. The molecular weight excluding hydrogens is 1320 g/mol. The molecule has 5 aromatic heterocycles. The number of benzene rings is 14. The second-order valence-corrected chi connectivity index (χ2v) is 35.0. The van der Waals surface area contributed by atoms with Gasteiger partial charge >= 0.3 is 0 Å². The molecule has 0 atom stereocenters. The molecule has 512 valence electrons. The van der Waals surface area contributed by atoms with Crippen molar-refractivity contribution >= 4 is 174 Å². The maximum atomic E-state index is 7.49. The Morgan fingerprint density at radius 3 is 1.18 bits per heavy atom. The fraction of sp³-hybridized carbons (Fsp3) is 0.163. The Bertz CT molecular complexity index is 6730. The molecule has 5 nitrogen and oxygen atoms in total. The number of thiophene rings is 2. The molecule has 0 aliphatic heterocycles. The van der Waals surface area contributed by atoms with Crippen LogP contribution in [0, 0.1) is 0 Å². The summed E-state index contributed by atoms with van der Waals surface area (Å²) >= 11 is 3.78. The fourth-order valence-corrected chi connectivity index (χ4v) is 19.0. The summed E-state index contributed by atoms with van der Waals surface area (Å²) in [6.07, 6.45) is 0. The number of aromatic nitrogens is 1. The normalized spacial score (nSPS) is 12.8. The lowest BCUT2D eigenvalue weighted by Crippen LogP contribution is -2.11. The average Bonchev–Trinajstić information content (AvgIpc) is 1.52. The largest absolute Gasteiger partial charge is 0.454 e. The highest BCUT2D eigenvalue weighted by Crippen LogP contribution is 2.58. The van der Waals surface area contributed by atoms with Crippen molar-refractivity contribution in [2.75, 3.05) is 9.80 Å². The number of para-hydroxylation sites is 4. The predicted molar refractivity (Wildman–Crippen MR) is 454 cm³/mol. The molecule has 0 fully saturated rings. The van der Waals surface area contributed by atoms with Gasteiger partial charge in [-0.1, -0.05) is 283 Å². The van der Waals surface area contributed by atoms with Crippen LogP contribution in [-0.2, 0) is 21.7 Å². The molecule has 7 heteroatoms. The van der Waals surface area contributed by atoms with Crippen molar-refractivity contribution in [1.82, 2.24) is 4.57 Å². The molecule has 0 radical (unpaired) electrons. The molecule has 0 N–H and O–H groups in total. The summed E-state index contributed by atoms with van der Waals surface area (Å²) in [6, 6.07) is 103. The Balaban J connectivity index is 0.952. The number of hydrogen-bond donors (Lipinski definition) is 0. The topological polar surface area (TPSA) is 37.7 Å². The van der Waals surface area contributed by atoms with Gasteiger partial charge in [0.1, 0.15) is 11.2 Å². The SMILES string of the molecule is CC(C)(C)c1ccc(-c2ccc(N(c3cccc4c3oc3c(C(C)(C)C)cccc34)c3cc4c(c5c3sc3ccccc35)c3c5sc6ccccc6c5c(N(c5ccc(-c6ccc(C(C)(C)C)cc6)cc5)c5cccc6c5oc5c(C(C)(C)C)cccc56)cc3n4-c3ccc4ccccc4c3)cc2)cc1. The van der Waals surface area contributed by atoms with Crippen LogP contribution >= 0.6 is 22.7 Å². The average molecular weight is 1400 g/mol. The van der Waals surface area contributed by atoms with Gasteiger partial charge in [-0.05, 0) is 139 Å². The van der Waals surface area contributed by atoms with Crippen LogP contribution < -0.4 is 9.80 Å². The van der Waals surface area contributed by atoms with Gasteiger partial charge in [-0.15, -0.1) is 22.7 Å². The second-order valence-electron chi connectivity index (χ2n) is 32.8. The Kier molecular flexibility index (Phi) is 14.6. The molecule has 105 heavy (non-hydrogen) atoms. The third-order valence-electron chi connectivity index (χ3n) is 21.9. The molecule has 0 unspecified atom stereocenters. The molecule has 0 saturated carbocycles. The Hall–Kier alpha value is -11.2. The molecule has 0 aliphatic carbocycles. The number of nitrogens with zero attached hydrogens (tertiary/aromatic N) is 3. The maximum absolute atomic E-state index is 7.49. The van der Waals surface area contributed by atoms with E-state index >= 15 is 0 Å². The molecular formula is C98H81N3O2S2. The molecule has 19 aromatic rings. The monoisotopic (exact) mass is 1400 g/mol. The van der Waals surface area contributed by atoms with Gasteiger partial charge in [-0.2, -0.15) is 0 Å². The Labute approximate surface area is 620 Å². The predicted octanol–water partition coefficient (Wildman–Crippen LogP) is 29.9. The molecule has 0 aliphatic rings. The van der Waals surface area contributed by atoms with Crippen LogP contribution in [0.1, 0.15) is 105 Å². The van der Waals surface area contributed by atoms with Crippen LogP contribution in [0.5, 0.6) is 0 Å².